The first-order chi connectivity index (χ1) is 10.3. The lowest BCUT2D eigenvalue weighted by Gasteiger charge is -2.25. The van der Waals surface area contributed by atoms with Gasteiger partial charge in [-0.05, 0) is 18.2 Å². The summed E-state index contributed by atoms with van der Waals surface area (Å²) in [5.74, 6) is 2.45. The van der Waals surface area contributed by atoms with Gasteiger partial charge >= 0.3 is 0 Å². The number of nitrogens with zero attached hydrogens (tertiary/aromatic N) is 2. The minimum absolute atomic E-state index is 0.167. The normalized spacial score (nSPS) is 17.0. The molecule has 1 aromatic carbocycles. The van der Waals surface area contributed by atoms with Crippen LogP contribution in [0.4, 0.5) is 0 Å². The highest BCUT2D eigenvalue weighted by molar-refractivity contribution is 5.67. The summed E-state index contributed by atoms with van der Waals surface area (Å²) < 4.78 is 16.2. The van der Waals surface area contributed by atoms with Crippen LogP contribution in [0.15, 0.2) is 22.7 Å². The summed E-state index contributed by atoms with van der Waals surface area (Å²) in [5, 5.41) is 13.3. The largest absolute Gasteiger partial charge is 0.454 e. The first kappa shape index (κ1) is 12.7. The third-order valence-electron chi connectivity index (χ3n) is 3.97. The lowest BCUT2D eigenvalue weighted by Crippen LogP contribution is -2.32. The molecule has 4 rings (SSSR count). The highest BCUT2D eigenvalue weighted by Crippen LogP contribution is 2.37. The molecule has 110 valence electrons. The Labute approximate surface area is 121 Å². The van der Waals surface area contributed by atoms with Gasteiger partial charge in [0.25, 0.3) is 0 Å². The molecule has 0 fully saturated rings. The fraction of sp³-hybridized carbons (Fsp3) is 0.400. The smallest absolute Gasteiger partial charge is 0.231 e. The predicted molar refractivity (Wildman–Crippen MR) is 74.1 cm³/mol. The van der Waals surface area contributed by atoms with E-state index in [-0.39, 0.29) is 13.4 Å². The Bertz CT molecular complexity index is 668. The minimum atomic E-state index is 0.167. The summed E-state index contributed by atoms with van der Waals surface area (Å²) >= 11 is 0. The Kier molecular flexibility index (Phi) is 3.05. The molecule has 0 amide bonds. The third-order valence-corrected chi connectivity index (χ3v) is 3.97. The van der Waals surface area contributed by atoms with Gasteiger partial charge in [0.2, 0.25) is 6.79 Å². The fourth-order valence-electron chi connectivity index (χ4n) is 2.87. The van der Waals surface area contributed by atoms with Crippen LogP contribution in [0.5, 0.6) is 11.5 Å². The van der Waals surface area contributed by atoms with Gasteiger partial charge in [-0.25, -0.2) is 0 Å². The number of ether oxygens (including phenoxy) is 2. The first-order valence-electron chi connectivity index (χ1n) is 7.06. The van der Waals surface area contributed by atoms with Gasteiger partial charge in [-0.2, -0.15) is 0 Å². The van der Waals surface area contributed by atoms with Gasteiger partial charge < -0.3 is 19.1 Å². The van der Waals surface area contributed by atoms with Crippen molar-refractivity contribution in [2.24, 2.45) is 0 Å². The number of aromatic nitrogens is 1. The van der Waals surface area contributed by atoms with Gasteiger partial charge in [0.15, 0.2) is 11.5 Å². The topological polar surface area (TPSA) is 68.0 Å². The van der Waals surface area contributed by atoms with E-state index in [0.717, 1.165) is 53.6 Å². The van der Waals surface area contributed by atoms with Crippen molar-refractivity contribution >= 4 is 0 Å². The zero-order chi connectivity index (χ0) is 14.2. The van der Waals surface area contributed by atoms with Gasteiger partial charge in [-0.3, -0.25) is 4.90 Å². The zero-order valence-corrected chi connectivity index (χ0v) is 11.5. The van der Waals surface area contributed by atoms with Gasteiger partial charge in [-0.1, -0.05) is 5.16 Å². The second kappa shape index (κ2) is 5.05. The molecule has 3 heterocycles. The van der Waals surface area contributed by atoms with E-state index in [2.05, 4.69) is 10.1 Å². The van der Waals surface area contributed by atoms with Crippen LogP contribution in [0.1, 0.15) is 11.3 Å². The molecule has 2 aromatic rings. The molecule has 21 heavy (non-hydrogen) atoms. The first-order valence-corrected chi connectivity index (χ1v) is 7.06. The quantitative estimate of drug-likeness (QED) is 0.921. The van der Waals surface area contributed by atoms with Crippen molar-refractivity contribution in [2.75, 3.05) is 26.5 Å². The summed E-state index contributed by atoms with van der Waals surface area (Å²) in [7, 11) is 0. The van der Waals surface area contributed by atoms with E-state index < -0.39 is 0 Å². The van der Waals surface area contributed by atoms with Crippen LogP contribution in [0.2, 0.25) is 0 Å². The summed E-state index contributed by atoms with van der Waals surface area (Å²) in [6.07, 6.45) is 0.826. The van der Waals surface area contributed by atoms with E-state index in [9.17, 15) is 0 Å². The molecule has 0 aliphatic carbocycles. The molecular formula is C15H16N2O4. The molecule has 0 radical (unpaired) electrons. The highest BCUT2D eigenvalue weighted by Gasteiger charge is 2.25. The molecule has 6 heteroatoms. The molecule has 1 N–H and O–H groups in total. The van der Waals surface area contributed by atoms with Crippen molar-refractivity contribution in [1.29, 1.82) is 0 Å². The Balaban J connectivity index is 1.69. The Hall–Kier alpha value is -2.05. The maximum atomic E-state index is 9.10. The van der Waals surface area contributed by atoms with Gasteiger partial charge in [-0.15, -0.1) is 0 Å². The number of β-amino-alcohol motifs (C(OH)–C–C–N with tert-alkyl or cyclic N) is 1. The summed E-state index contributed by atoms with van der Waals surface area (Å²) in [4.78, 5) is 2.20. The third kappa shape index (κ3) is 2.16. The zero-order valence-electron chi connectivity index (χ0n) is 11.5. The maximum Gasteiger partial charge on any atom is 0.231 e. The lowest BCUT2D eigenvalue weighted by atomic mass is 10.0. The predicted octanol–water partition coefficient (Wildman–Crippen LogP) is 1.42. The SMILES string of the molecule is OCCN1CCc2onc(-c3ccc4c(c3)OCO4)c2C1. The fourth-order valence-corrected chi connectivity index (χ4v) is 2.87. The average molecular weight is 288 g/mol. The van der Waals surface area contributed by atoms with E-state index in [1.54, 1.807) is 0 Å². The van der Waals surface area contributed by atoms with Crippen LogP contribution in [-0.4, -0.2) is 41.7 Å². The van der Waals surface area contributed by atoms with Gasteiger partial charge in [0, 0.05) is 37.2 Å². The van der Waals surface area contributed by atoms with E-state index in [0.29, 0.717) is 6.54 Å². The maximum absolute atomic E-state index is 9.10. The van der Waals surface area contributed by atoms with E-state index in [1.165, 1.54) is 0 Å². The van der Waals surface area contributed by atoms with Crippen LogP contribution in [0.3, 0.4) is 0 Å². The molecule has 0 bridgehead atoms. The van der Waals surface area contributed by atoms with E-state index >= 15 is 0 Å². The van der Waals surface area contributed by atoms with Crippen LogP contribution < -0.4 is 9.47 Å². The number of benzene rings is 1. The number of hydrogen-bond donors (Lipinski definition) is 1. The molecule has 0 unspecified atom stereocenters. The monoisotopic (exact) mass is 288 g/mol. The molecule has 0 atom stereocenters. The number of fused-ring (bicyclic) bond motifs is 2. The molecule has 1 aromatic heterocycles. The van der Waals surface area contributed by atoms with Crippen molar-refractivity contribution in [2.45, 2.75) is 13.0 Å². The van der Waals surface area contributed by atoms with Gasteiger partial charge in [0.05, 0.1) is 6.61 Å². The van der Waals surface area contributed by atoms with Crippen molar-refractivity contribution < 1.29 is 19.1 Å². The summed E-state index contributed by atoms with van der Waals surface area (Å²) in [6.45, 7) is 2.75. The second-order valence-corrected chi connectivity index (χ2v) is 5.25. The molecular weight excluding hydrogens is 272 g/mol. The van der Waals surface area contributed by atoms with Crippen molar-refractivity contribution in [3.05, 3.63) is 29.5 Å². The van der Waals surface area contributed by atoms with Crippen LogP contribution in [0.25, 0.3) is 11.3 Å². The van der Waals surface area contributed by atoms with E-state index in [4.69, 9.17) is 19.1 Å². The molecule has 0 saturated heterocycles. The molecule has 2 aliphatic heterocycles. The molecule has 2 aliphatic rings. The minimum Gasteiger partial charge on any atom is -0.454 e. The Morgan fingerprint density at radius 2 is 2.14 bits per heavy atom. The number of aliphatic hydroxyl groups excluding tert-OH is 1. The molecule has 6 nitrogen and oxygen atoms in total. The second-order valence-electron chi connectivity index (χ2n) is 5.25. The molecule has 0 saturated carbocycles. The Morgan fingerprint density at radius 1 is 1.24 bits per heavy atom. The number of aliphatic hydroxyl groups is 1. The average Bonchev–Trinajstić information content (AvgIpc) is 3.12. The summed E-state index contributed by atoms with van der Waals surface area (Å²) in [5.41, 5.74) is 2.93. The van der Waals surface area contributed by atoms with Gasteiger partial charge in [0.1, 0.15) is 11.5 Å². The van der Waals surface area contributed by atoms with Crippen molar-refractivity contribution in [1.82, 2.24) is 10.1 Å². The highest BCUT2D eigenvalue weighted by atomic mass is 16.7. The summed E-state index contributed by atoms with van der Waals surface area (Å²) in [6, 6.07) is 5.80. The number of rotatable bonds is 3. The van der Waals surface area contributed by atoms with Crippen LogP contribution in [0, 0.1) is 0 Å². The molecule has 0 spiro atoms. The Morgan fingerprint density at radius 3 is 3.05 bits per heavy atom. The number of hydrogen-bond acceptors (Lipinski definition) is 6. The van der Waals surface area contributed by atoms with E-state index in [1.807, 2.05) is 18.2 Å². The van der Waals surface area contributed by atoms with Crippen LogP contribution >= 0.6 is 0 Å². The lowest BCUT2D eigenvalue weighted by molar-refractivity contribution is 0.174. The van der Waals surface area contributed by atoms with Crippen molar-refractivity contribution in [3.8, 4) is 22.8 Å². The van der Waals surface area contributed by atoms with Crippen molar-refractivity contribution in [3.63, 3.8) is 0 Å². The van der Waals surface area contributed by atoms with Crippen LogP contribution in [-0.2, 0) is 13.0 Å². The standard InChI is InChI=1S/C15H16N2O4/c18-6-5-17-4-3-12-11(8-17)15(16-21-12)10-1-2-13-14(7-10)20-9-19-13/h1-2,7,18H,3-6,8-9H2.